The second-order valence-corrected chi connectivity index (χ2v) is 5.40. The highest BCUT2D eigenvalue weighted by molar-refractivity contribution is 5.35. The van der Waals surface area contributed by atoms with Crippen molar-refractivity contribution in [3.63, 3.8) is 0 Å². The zero-order chi connectivity index (χ0) is 12.2. The second kappa shape index (κ2) is 5.49. The van der Waals surface area contributed by atoms with Gasteiger partial charge in [-0.15, -0.1) is 0 Å². The van der Waals surface area contributed by atoms with Crippen molar-refractivity contribution in [1.29, 1.82) is 0 Å². The lowest BCUT2D eigenvalue weighted by Crippen LogP contribution is -2.19. The van der Waals surface area contributed by atoms with Crippen LogP contribution in [-0.2, 0) is 0 Å². The monoisotopic (exact) mass is 220 g/mol. The van der Waals surface area contributed by atoms with Crippen molar-refractivity contribution >= 4 is 0 Å². The molecule has 0 amide bonds. The molecule has 0 bridgehead atoms. The molecule has 0 atom stereocenters. The quantitative estimate of drug-likeness (QED) is 0.713. The molecule has 0 unspecified atom stereocenters. The normalized spacial score (nSPS) is 21.9. The molecule has 0 aliphatic heterocycles. The Kier molecular flexibility index (Phi) is 4.55. The van der Waals surface area contributed by atoms with Gasteiger partial charge in [-0.3, -0.25) is 0 Å². The van der Waals surface area contributed by atoms with E-state index in [1.165, 1.54) is 30.4 Å². The number of hydrogen-bond acceptors (Lipinski definition) is 1. The summed E-state index contributed by atoms with van der Waals surface area (Å²) in [6, 6.07) is 0. The predicted molar refractivity (Wildman–Crippen MR) is 70.3 cm³/mol. The fourth-order valence-corrected chi connectivity index (χ4v) is 2.44. The van der Waals surface area contributed by atoms with Crippen LogP contribution in [0, 0.1) is 5.41 Å². The van der Waals surface area contributed by atoms with E-state index in [0.29, 0.717) is 5.41 Å². The zero-order valence-electron chi connectivity index (χ0n) is 11.0. The average molecular weight is 220 g/mol. The van der Waals surface area contributed by atoms with Crippen molar-refractivity contribution in [2.45, 2.75) is 47.0 Å². The molecule has 1 heteroatoms. The van der Waals surface area contributed by atoms with Gasteiger partial charge in [0.05, 0.1) is 6.61 Å². The van der Waals surface area contributed by atoms with Crippen molar-refractivity contribution in [3.8, 4) is 0 Å². The maximum Gasteiger partial charge on any atom is 0.0617 e. The minimum absolute atomic E-state index is 0.123. The van der Waals surface area contributed by atoms with Gasteiger partial charge in [0, 0.05) is 0 Å². The number of allylic oxidation sites excluding steroid dienone is 5. The Balaban J connectivity index is 2.89. The third-order valence-corrected chi connectivity index (χ3v) is 3.47. The van der Waals surface area contributed by atoms with Gasteiger partial charge < -0.3 is 5.11 Å². The van der Waals surface area contributed by atoms with Crippen LogP contribution in [0.4, 0.5) is 0 Å². The first-order valence-corrected chi connectivity index (χ1v) is 6.13. The third kappa shape index (κ3) is 3.34. The van der Waals surface area contributed by atoms with Gasteiger partial charge in [-0.1, -0.05) is 43.2 Å². The summed E-state index contributed by atoms with van der Waals surface area (Å²) in [5.74, 6) is 0. The molecule has 0 spiro atoms. The van der Waals surface area contributed by atoms with E-state index < -0.39 is 0 Å². The average Bonchev–Trinajstić information content (AvgIpc) is 2.16. The van der Waals surface area contributed by atoms with Crippen LogP contribution in [0.2, 0.25) is 0 Å². The first kappa shape index (κ1) is 13.2. The standard InChI is InChI=1S/C15H24O/c1-12(9-11-16)7-8-14-13(2)6-5-10-15(14,3)4/h7-9,16H,5-6,10-11H2,1-4H3/b8-7+,12-9+. The molecule has 0 aromatic rings. The molecule has 0 saturated carbocycles. The predicted octanol–water partition coefficient (Wildman–Crippen LogP) is 4.01. The minimum Gasteiger partial charge on any atom is -0.392 e. The van der Waals surface area contributed by atoms with Crippen molar-refractivity contribution in [1.82, 2.24) is 0 Å². The molecule has 1 nitrogen and oxygen atoms in total. The van der Waals surface area contributed by atoms with Crippen molar-refractivity contribution in [3.05, 3.63) is 34.9 Å². The topological polar surface area (TPSA) is 20.2 Å². The van der Waals surface area contributed by atoms with Crippen LogP contribution in [0.5, 0.6) is 0 Å². The summed E-state index contributed by atoms with van der Waals surface area (Å²) in [7, 11) is 0. The molecular formula is C15H24O. The van der Waals surface area contributed by atoms with Gasteiger partial charge in [-0.2, -0.15) is 0 Å². The second-order valence-electron chi connectivity index (χ2n) is 5.40. The van der Waals surface area contributed by atoms with Gasteiger partial charge in [0.25, 0.3) is 0 Å². The smallest absolute Gasteiger partial charge is 0.0617 e. The van der Waals surface area contributed by atoms with E-state index in [1.54, 1.807) is 0 Å². The molecule has 0 radical (unpaired) electrons. The number of aliphatic hydroxyl groups is 1. The summed E-state index contributed by atoms with van der Waals surface area (Å²) in [6.07, 6.45) is 9.99. The van der Waals surface area contributed by atoms with E-state index in [1.807, 2.05) is 13.0 Å². The summed E-state index contributed by atoms with van der Waals surface area (Å²) in [4.78, 5) is 0. The Hall–Kier alpha value is -0.820. The molecule has 1 N–H and O–H groups in total. The Labute approximate surface area is 99.6 Å². The molecule has 0 heterocycles. The van der Waals surface area contributed by atoms with Crippen molar-refractivity contribution < 1.29 is 5.11 Å². The van der Waals surface area contributed by atoms with Gasteiger partial charge in [0.15, 0.2) is 0 Å². The maximum absolute atomic E-state index is 8.81. The SMILES string of the molecule is CC1=C(/C=C/C(C)=C/CO)C(C)(C)CCC1. The van der Waals surface area contributed by atoms with Crippen LogP contribution in [0.3, 0.4) is 0 Å². The van der Waals surface area contributed by atoms with E-state index in [4.69, 9.17) is 5.11 Å². The van der Waals surface area contributed by atoms with E-state index in [-0.39, 0.29) is 6.61 Å². The lowest BCUT2D eigenvalue weighted by atomic mass is 9.72. The van der Waals surface area contributed by atoms with E-state index in [2.05, 4.69) is 32.9 Å². The molecule has 90 valence electrons. The largest absolute Gasteiger partial charge is 0.392 e. The molecule has 1 aliphatic carbocycles. The first-order chi connectivity index (χ1) is 7.47. The number of rotatable bonds is 3. The van der Waals surface area contributed by atoms with E-state index >= 15 is 0 Å². The van der Waals surface area contributed by atoms with Gasteiger partial charge in [0.1, 0.15) is 0 Å². The van der Waals surface area contributed by atoms with Crippen molar-refractivity contribution in [2.75, 3.05) is 6.61 Å². The van der Waals surface area contributed by atoms with Gasteiger partial charge in [-0.05, 0) is 44.1 Å². The number of hydrogen-bond donors (Lipinski definition) is 1. The van der Waals surface area contributed by atoms with Crippen molar-refractivity contribution in [2.24, 2.45) is 5.41 Å². The highest BCUT2D eigenvalue weighted by Crippen LogP contribution is 2.40. The molecule has 16 heavy (non-hydrogen) atoms. The Morgan fingerprint density at radius 3 is 2.69 bits per heavy atom. The Bertz CT molecular complexity index is 329. The van der Waals surface area contributed by atoms with Crippen LogP contribution < -0.4 is 0 Å². The molecule has 0 aromatic carbocycles. The summed E-state index contributed by atoms with van der Waals surface area (Å²) < 4.78 is 0. The Morgan fingerprint density at radius 2 is 2.12 bits per heavy atom. The fraction of sp³-hybridized carbons (Fsp3) is 0.600. The third-order valence-electron chi connectivity index (χ3n) is 3.47. The summed E-state index contributed by atoms with van der Waals surface area (Å²) in [6.45, 7) is 9.03. The van der Waals surface area contributed by atoms with Crippen LogP contribution in [0.25, 0.3) is 0 Å². The van der Waals surface area contributed by atoms with Crippen LogP contribution in [0.15, 0.2) is 34.9 Å². The maximum atomic E-state index is 8.81. The highest BCUT2D eigenvalue weighted by atomic mass is 16.2. The molecular weight excluding hydrogens is 196 g/mol. The minimum atomic E-state index is 0.123. The van der Waals surface area contributed by atoms with Crippen LogP contribution in [-0.4, -0.2) is 11.7 Å². The lowest BCUT2D eigenvalue weighted by Gasteiger charge is -2.32. The summed E-state index contributed by atoms with van der Waals surface area (Å²) in [5, 5.41) is 8.81. The fourth-order valence-electron chi connectivity index (χ4n) is 2.44. The van der Waals surface area contributed by atoms with Gasteiger partial charge >= 0.3 is 0 Å². The van der Waals surface area contributed by atoms with Crippen LogP contribution >= 0.6 is 0 Å². The van der Waals surface area contributed by atoms with E-state index in [0.717, 1.165) is 5.57 Å². The zero-order valence-corrected chi connectivity index (χ0v) is 11.0. The number of aliphatic hydroxyl groups excluding tert-OH is 1. The molecule has 1 rings (SSSR count). The van der Waals surface area contributed by atoms with Crippen LogP contribution in [0.1, 0.15) is 47.0 Å². The molecule has 1 aliphatic rings. The lowest BCUT2D eigenvalue weighted by molar-refractivity contribution is 0.342. The van der Waals surface area contributed by atoms with Gasteiger partial charge in [-0.25, -0.2) is 0 Å². The summed E-state index contributed by atoms with van der Waals surface area (Å²) >= 11 is 0. The van der Waals surface area contributed by atoms with Gasteiger partial charge in [0.2, 0.25) is 0 Å². The first-order valence-electron chi connectivity index (χ1n) is 6.13. The van der Waals surface area contributed by atoms with E-state index in [9.17, 15) is 0 Å². The summed E-state index contributed by atoms with van der Waals surface area (Å²) in [5.41, 5.74) is 4.43. The molecule has 0 saturated heterocycles. The molecule has 0 aromatic heterocycles. The highest BCUT2D eigenvalue weighted by Gasteiger charge is 2.26. The Morgan fingerprint density at radius 1 is 1.44 bits per heavy atom. The molecule has 0 fully saturated rings.